The molecule has 0 aromatic carbocycles. The molecule has 0 bridgehead atoms. The highest BCUT2D eigenvalue weighted by Crippen LogP contribution is 2.26. The predicted octanol–water partition coefficient (Wildman–Crippen LogP) is 2.28. The Bertz CT molecular complexity index is 372. The van der Waals surface area contributed by atoms with E-state index in [0.717, 1.165) is 31.6 Å². The van der Waals surface area contributed by atoms with Gasteiger partial charge in [0.1, 0.15) is 0 Å². The largest absolute Gasteiger partial charge is 0.381 e. The molecule has 0 radical (unpaired) electrons. The summed E-state index contributed by atoms with van der Waals surface area (Å²) in [7, 11) is 0. The molecule has 4 heteroatoms. The van der Waals surface area contributed by atoms with Gasteiger partial charge in [0.2, 0.25) is 0 Å². The van der Waals surface area contributed by atoms with Crippen molar-refractivity contribution in [3.63, 3.8) is 0 Å². The second-order valence-electron chi connectivity index (χ2n) is 4.84. The molecule has 1 saturated heterocycles. The van der Waals surface area contributed by atoms with E-state index in [9.17, 15) is 0 Å². The van der Waals surface area contributed by atoms with Crippen molar-refractivity contribution in [2.45, 2.75) is 25.8 Å². The molecule has 1 fully saturated rings. The SMILES string of the molecule is CC1COCCC1C(N)Cc1ccncc1Cl. The molecule has 1 aromatic heterocycles. The standard InChI is InChI=1S/C13H19ClN2O/c1-9-8-17-5-3-11(9)13(15)6-10-2-4-16-7-12(10)14/h2,4,7,9,11,13H,3,5-6,8,15H2,1H3. The van der Waals surface area contributed by atoms with E-state index in [1.807, 2.05) is 6.07 Å². The molecule has 94 valence electrons. The summed E-state index contributed by atoms with van der Waals surface area (Å²) in [5, 5.41) is 0.711. The average molecular weight is 255 g/mol. The van der Waals surface area contributed by atoms with Crippen molar-refractivity contribution in [2.75, 3.05) is 13.2 Å². The van der Waals surface area contributed by atoms with E-state index in [1.165, 1.54) is 0 Å². The van der Waals surface area contributed by atoms with Crippen LogP contribution in [0.2, 0.25) is 5.02 Å². The van der Waals surface area contributed by atoms with E-state index in [-0.39, 0.29) is 6.04 Å². The summed E-state index contributed by atoms with van der Waals surface area (Å²) in [6.07, 6.45) is 5.31. The molecule has 0 saturated carbocycles. The summed E-state index contributed by atoms with van der Waals surface area (Å²) in [4.78, 5) is 3.99. The van der Waals surface area contributed by atoms with Crippen molar-refractivity contribution in [3.8, 4) is 0 Å². The van der Waals surface area contributed by atoms with Crippen LogP contribution in [-0.4, -0.2) is 24.2 Å². The quantitative estimate of drug-likeness (QED) is 0.900. The maximum absolute atomic E-state index is 6.31. The molecule has 3 nitrogen and oxygen atoms in total. The zero-order valence-electron chi connectivity index (χ0n) is 10.1. The lowest BCUT2D eigenvalue weighted by Crippen LogP contribution is -2.40. The monoisotopic (exact) mass is 254 g/mol. The summed E-state index contributed by atoms with van der Waals surface area (Å²) >= 11 is 6.10. The number of hydrogen-bond donors (Lipinski definition) is 1. The Morgan fingerprint density at radius 2 is 2.47 bits per heavy atom. The van der Waals surface area contributed by atoms with Crippen LogP contribution in [0.1, 0.15) is 18.9 Å². The lowest BCUT2D eigenvalue weighted by molar-refractivity contribution is 0.0157. The van der Waals surface area contributed by atoms with E-state index in [4.69, 9.17) is 22.1 Å². The molecule has 2 rings (SSSR count). The van der Waals surface area contributed by atoms with Crippen molar-refractivity contribution in [2.24, 2.45) is 17.6 Å². The van der Waals surface area contributed by atoms with Gasteiger partial charge in [0.25, 0.3) is 0 Å². The lowest BCUT2D eigenvalue weighted by Gasteiger charge is -2.33. The summed E-state index contributed by atoms with van der Waals surface area (Å²) in [6.45, 7) is 3.85. The van der Waals surface area contributed by atoms with Crippen LogP contribution < -0.4 is 5.73 Å². The van der Waals surface area contributed by atoms with Gasteiger partial charge < -0.3 is 10.5 Å². The van der Waals surface area contributed by atoms with E-state index >= 15 is 0 Å². The number of rotatable bonds is 3. The van der Waals surface area contributed by atoms with Gasteiger partial charge >= 0.3 is 0 Å². The maximum Gasteiger partial charge on any atom is 0.0621 e. The molecule has 3 atom stereocenters. The number of aromatic nitrogens is 1. The van der Waals surface area contributed by atoms with Gasteiger partial charge in [0.15, 0.2) is 0 Å². The number of halogens is 1. The van der Waals surface area contributed by atoms with Crippen LogP contribution in [0.3, 0.4) is 0 Å². The van der Waals surface area contributed by atoms with Gasteiger partial charge in [-0.15, -0.1) is 0 Å². The summed E-state index contributed by atoms with van der Waals surface area (Å²) < 4.78 is 5.44. The van der Waals surface area contributed by atoms with E-state index < -0.39 is 0 Å². The Labute approximate surface area is 107 Å². The van der Waals surface area contributed by atoms with Gasteiger partial charge in [-0.25, -0.2) is 0 Å². The van der Waals surface area contributed by atoms with Gasteiger partial charge in [-0.05, 0) is 36.3 Å². The van der Waals surface area contributed by atoms with E-state index in [1.54, 1.807) is 12.4 Å². The Morgan fingerprint density at radius 1 is 1.65 bits per heavy atom. The predicted molar refractivity (Wildman–Crippen MR) is 69.0 cm³/mol. The summed E-state index contributed by atoms with van der Waals surface area (Å²) in [5.74, 6) is 1.05. The number of nitrogens with two attached hydrogens (primary N) is 1. The lowest BCUT2D eigenvalue weighted by atomic mass is 9.82. The first-order chi connectivity index (χ1) is 8.18. The van der Waals surface area contributed by atoms with Crippen LogP contribution in [0.5, 0.6) is 0 Å². The second-order valence-corrected chi connectivity index (χ2v) is 5.25. The third-order valence-corrected chi connectivity index (χ3v) is 3.91. The molecule has 0 amide bonds. The zero-order chi connectivity index (χ0) is 12.3. The van der Waals surface area contributed by atoms with Crippen LogP contribution in [0.15, 0.2) is 18.5 Å². The Balaban J connectivity index is 2.01. The molecule has 17 heavy (non-hydrogen) atoms. The number of ether oxygens (including phenoxy) is 1. The van der Waals surface area contributed by atoms with E-state index in [2.05, 4.69) is 11.9 Å². The third-order valence-electron chi connectivity index (χ3n) is 3.57. The van der Waals surface area contributed by atoms with Crippen LogP contribution in [0.25, 0.3) is 0 Å². The Morgan fingerprint density at radius 3 is 3.18 bits per heavy atom. The molecular weight excluding hydrogens is 236 g/mol. The fourth-order valence-electron chi connectivity index (χ4n) is 2.51. The molecule has 2 N–H and O–H groups in total. The molecule has 1 aliphatic rings. The third kappa shape index (κ3) is 3.18. The number of hydrogen-bond acceptors (Lipinski definition) is 3. The maximum atomic E-state index is 6.31. The Hall–Kier alpha value is -0.640. The molecule has 2 heterocycles. The van der Waals surface area contributed by atoms with Crippen LogP contribution in [-0.2, 0) is 11.2 Å². The van der Waals surface area contributed by atoms with Crippen molar-refractivity contribution in [1.29, 1.82) is 0 Å². The van der Waals surface area contributed by atoms with Gasteiger partial charge in [-0.1, -0.05) is 18.5 Å². The topological polar surface area (TPSA) is 48.1 Å². The molecule has 0 aliphatic carbocycles. The fraction of sp³-hybridized carbons (Fsp3) is 0.615. The first-order valence-corrected chi connectivity index (χ1v) is 6.48. The highest BCUT2D eigenvalue weighted by molar-refractivity contribution is 6.31. The first-order valence-electron chi connectivity index (χ1n) is 6.10. The number of pyridine rings is 1. The average Bonchev–Trinajstić information content (AvgIpc) is 2.32. The van der Waals surface area contributed by atoms with Crippen molar-refractivity contribution in [1.82, 2.24) is 4.98 Å². The van der Waals surface area contributed by atoms with E-state index in [0.29, 0.717) is 16.9 Å². The van der Waals surface area contributed by atoms with Gasteiger partial charge in [-0.2, -0.15) is 0 Å². The fourth-order valence-corrected chi connectivity index (χ4v) is 2.70. The highest BCUT2D eigenvalue weighted by Gasteiger charge is 2.27. The molecule has 1 aliphatic heterocycles. The van der Waals surface area contributed by atoms with Gasteiger partial charge in [0, 0.05) is 31.6 Å². The first kappa shape index (κ1) is 12.8. The van der Waals surface area contributed by atoms with Crippen molar-refractivity contribution < 1.29 is 4.74 Å². The minimum Gasteiger partial charge on any atom is -0.381 e. The van der Waals surface area contributed by atoms with Gasteiger partial charge in [0.05, 0.1) is 5.02 Å². The summed E-state index contributed by atoms with van der Waals surface area (Å²) in [5.41, 5.74) is 7.40. The van der Waals surface area contributed by atoms with Crippen LogP contribution >= 0.6 is 11.6 Å². The molecule has 1 aromatic rings. The minimum absolute atomic E-state index is 0.147. The highest BCUT2D eigenvalue weighted by atomic mass is 35.5. The molecule has 0 spiro atoms. The summed E-state index contributed by atoms with van der Waals surface area (Å²) in [6, 6.07) is 2.10. The molecule has 3 unspecified atom stereocenters. The normalized spacial score (nSPS) is 26.8. The molecular formula is C13H19ClN2O. The number of nitrogens with zero attached hydrogens (tertiary/aromatic N) is 1. The smallest absolute Gasteiger partial charge is 0.0621 e. The minimum atomic E-state index is 0.147. The second kappa shape index (κ2) is 5.80. The van der Waals surface area contributed by atoms with Crippen molar-refractivity contribution in [3.05, 3.63) is 29.0 Å². The van der Waals surface area contributed by atoms with Crippen LogP contribution in [0, 0.1) is 11.8 Å². The Kier molecular flexibility index (Phi) is 4.37. The van der Waals surface area contributed by atoms with Crippen molar-refractivity contribution >= 4 is 11.6 Å². The van der Waals surface area contributed by atoms with Gasteiger partial charge in [-0.3, -0.25) is 4.98 Å². The van der Waals surface area contributed by atoms with Crippen LogP contribution in [0.4, 0.5) is 0 Å². The zero-order valence-corrected chi connectivity index (χ0v) is 10.9.